The van der Waals surface area contributed by atoms with Gasteiger partial charge in [0, 0.05) is 6.07 Å². The number of hydrogen-bond donors (Lipinski definition) is 2. The zero-order valence-corrected chi connectivity index (χ0v) is 12.3. The van der Waals surface area contributed by atoms with E-state index in [1.807, 2.05) is 12.1 Å². The summed E-state index contributed by atoms with van der Waals surface area (Å²) in [5, 5.41) is 23.4. The number of methoxy groups -OCH3 is 1. The number of aryl methyl sites for hydroxylation is 1. The molecule has 0 aliphatic heterocycles. The zero-order valence-electron chi connectivity index (χ0n) is 12.3. The Morgan fingerprint density at radius 3 is 2.50 bits per heavy atom. The minimum Gasteiger partial charge on any atom is -0.497 e. The minimum absolute atomic E-state index is 0.0319. The lowest BCUT2D eigenvalue weighted by Crippen LogP contribution is -2.16. The van der Waals surface area contributed by atoms with E-state index in [9.17, 15) is 15.2 Å². The predicted molar refractivity (Wildman–Crippen MR) is 82.1 cm³/mol. The Hall–Kier alpha value is -2.67. The van der Waals surface area contributed by atoms with Crippen LogP contribution in [0.1, 0.15) is 17.3 Å². The van der Waals surface area contributed by atoms with Crippen LogP contribution in [0.2, 0.25) is 0 Å². The molecule has 0 aliphatic rings. The summed E-state index contributed by atoms with van der Waals surface area (Å²) in [6.45, 7) is 1.44. The quantitative estimate of drug-likeness (QED) is 0.628. The summed E-state index contributed by atoms with van der Waals surface area (Å²) >= 11 is 0. The lowest BCUT2D eigenvalue weighted by atomic mass is 10.1. The summed E-state index contributed by atoms with van der Waals surface area (Å²) in [4.78, 5) is 14.5. The van der Waals surface area contributed by atoms with Crippen LogP contribution in [0.15, 0.2) is 36.4 Å². The maximum Gasteiger partial charge on any atom is 0.290 e. The van der Waals surface area contributed by atoms with Gasteiger partial charge in [0.25, 0.3) is 5.69 Å². The van der Waals surface area contributed by atoms with Crippen LogP contribution < -0.4 is 10.1 Å². The summed E-state index contributed by atoms with van der Waals surface area (Å²) in [6.07, 6.45) is 0. The average molecular weight is 303 g/mol. The molecule has 2 rings (SSSR count). The predicted octanol–water partition coefficient (Wildman–Crippen LogP) is 2.45. The Balaban J connectivity index is 2.19. The van der Waals surface area contributed by atoms with Crippen LogP contribution in [-0.4, -0.2) is 28.7 Å². The maximum atomic E-state index is 10.8. The Kier molecular flexibility index (Phi) is 4.90. The third-order valence-electron chi connectivity index (χ3n) is 3.28. The van der Waals surface area contributed by atoms with Gasteiger partial charge in [-0.15, -0.1) is 0 Å². The number of nitrogens with one attached hydrogen (secondary N) is 1. The third-order valence-corrected chi connectivity index (χ3v) is 3.28. The Morgan fingerprint density at radius 1 is 1.32 bits per heavy atom. The molecule has 2 aromatic rings. The first-order valence-electron chi connectivity index (χ1n) is 6.68. The molecule has 0 unspecified atom stereocenters. The van der Waals surface area contributed by atoms with E-state index in [0.717, 1.165) is 11.3 Å². The van der Waals surface area contributed by atoms with Crippen molar-refractivity contribution in [2.75, 3.05) is 19.0 Å². The highest BCUT2D eigenvalue weighted by molar-refractivity contribution is 5.46. The molecule has 1 heterocycles. The van der Waals surface area contributed by atoms with Crippen LogP contribution in [-0.2, 0) is 0 Å². The summed E-state index contributed by atoms with van der Waals surface area (Å²) in [7, 11) is 1.58. The molecular weight excluding hydrogens is 286 g/mol. The number of aliphatic hydroxyl groups is 1. The molecule has 0 amide bonds. The van der Waals surface area contributed by atoms with Gasteiger partial charge in [-0.1, -0.05) is 12.1 Å². The minimum atomic E-state index is -0.473. The SMILES string of the molecule is COc1ccc([C@H](CO)Nc2ccc([N+](=O)[O-])c(C)n2)cc1. The molecule has 0 aliphatic carbocycles. The van der Waals surface area contributed by atoms with Crippen molar-refractivity contribution in [1.82, 2.24) is 4.98 Å². The molecule has 22 heavy (non-hydrogen) atoms. The topological polar surface area (TPSA) is 97.5 Å². The molecule has 1 aromatic carbocycles. The van der Waals surface area contributed by atoms with Crippen molar-refractivity contribution in [3.63, 3.8) is 0 Å². The summed E-state index contributed by atoms with van der Waals surface area (Å²) < 4.78 is 5.09. The standard InChI is InChI=1S/C15H17N3O4/c1-10-14(18(20)21)7-8-15(16-10)17-13(9-19)11-3-5-12(22-2)6-4-11/h3-8,13,19H,9H2,1-2H3,(H,16,17)/t13-/m0/s1. The van der Waals surface area contributed by atoms with E-state index >= 15 is 0 Å². The number of ether oxygens (including phenoxy) is 1. The number of benzene rings is 1. The summed E-state index contributed by atoms with van der Waals surface area (Å²) in [6, 6.07) is 9.84. The summed E-state index contributed by atoms with van der Waals surface area (Å²) in [5.74, 6) is 1.20. The van der Waals surface area contributed by atoms with Crippen LogP contribution in [0.4, 0.5) is 11.5 Å². The smallest absolute Gasteiger partial charge is 0.290 e. The average Bonchev–Trinajstić information content (AvgIpc) is 2.52. The van der Waals surface area contributed by atoms with Gasteiger partial charge in [-0.2, -0.15) is 0 Å². The maximum absolute atomic E-state index is 10.8. The van der Waals surface area contributed by atoms with Gasteiger partial charge in [-0.3, -0.25) is 10.1 Å². The lowest BCUT2D eigenvalue weighted by Gasteiger charge is -2.18. The van der Waals surface area contributed by atoms with E-state index in [0.29, 0.717) is 11.5 Å². The molecule has 7 heteroatoms. The van der Waals surface area contributed by atoms with E-state index in [-0.39, 0.29) is 18.3 Å². The fourth-order valence-electron chi connectivity index (χ4n) is 2.08. The number of aromatic nitrogens is 1. The molecule has 0 radical (unpaired) electrons. The monoisotopic (exact) mass is 303 g/mol. The van der Waals surface area contributed by atoms with Gasteiger partial charge < -0.3 is 15.2 Å². The van der Waals surface area contributed by atoms with Gasteiger partial charge in [-0.25, -0.2) is 4.98 Å². The molecule has 0 saturated carbocycles. The Bertz CT molecular complexity index is 658. The molecule has 0 fully saturated rings. The van der Waals surface area contributed by atoms with Crippen LogP contribution in [0.5, 0.6) is 5.75 Å². The lowest BCUT2D eigenvalue weighted by molar-refractivity contribution is -0.385. The fourth-order valence-corrected chi connectivity index (χ4v) is 2.08. The largest absolute Gasteiger partial charge is 0.497 e. The highest BCUT2D eigenvalue weighted by Crippen LogP contribution is 2.23. The first-order chi connectivity index (χ1) is 10.5. The van der Waals surface area contributed by atoms with Crippen molar-refractivity contribution in [3.8, 4) is 5.75 Å². The summed E-state index contributed by atoms with van der Waals surface area (Å²) in [5.41, 5.74) is 1.15. The number of aliphatic hydroxyl groups excluding tert-OH is 1. The molecule has 7 nitrogen and oxygen atoms in total. The van der Waals surface area contributed by atoms with Crippen LogP contribution in [0.3, 0.4) is 0 Å². The van der Waals surface area contributed by atoms with Crippen molar-refractivity contribution >= 4 is 11.5 Å². The number of hydrogen-bond acceptors (Lipinski definition) is 6. The first kappa shape index (κ1) is 15.7. The number of rotatable bonds is 6. The zero-order chi connectivity index (χ0) is 16.1. The fraction of sp³-hybridized carbons (Fsp3) is 0.267. The molecule has 0 bridgehead atoms. The highest BCUT2D eigenvalue weighted by Gasteiger charge is 2.15. The van der Waals surface area contributed by atoms with E-state index < -0.39 is 4.92 Å². The molecule has 0 saturated heterocycles. The molecule has 1 atom stereocenters. The second-order valence-corrected chi connectivity index (χ2v) is 4.71. The Labute approximate surface area is 127 Å². The second kappa shape index (κ2) is 6.86. The van der Waals surface area contributed by atoms with Crippen molar-refractivity contribution in [3.05, 3.63) is 57.8 Å². The number of pyridine rings is 1. The first-order valence-corrected chi connectivity index (χ1v) is 6.68. The van der Waals surface area contributed by atoms with Gasteiger partial charge in [0.05, 0.1) is 24.7 Å². The molecule has 2 N–H and O–H groups in total. The highest BCUT2D eigenvalue weighted by atomic mass is 16.6. The van der Waals surface area contributed by atoms with Gasteiger partial charge in [0.2, 0.25) is 0 Å². The number of nitro groups is 1. The van der Waals surface area contributed by atoms with Crippen LogP contribution in [0, 0.1) is 17.0 Å². The van der Waals surface area contributed by atoms with Crippen LogP contribution >= 0.6 is 0 Å². The van der Waals surface area contributed by atoms with Gasteiger partial charge in [0.15, 0.2) is 0 Å². The van der Waals surface area contributed by atoms with E-state index in [1.165, 1.54) is 12.1 Å². The van der Waals surface area contributed by atoms with E-state index in [2.05, 4.69) is 10.3 Å². The molecule has 116 valence electrons. The Morgan fingerprint density at radius 2 is 2.00 bits per heavy atom. The van der Waals surface area contributed by atoms with Gasteiger partial charge in [-0.05, 0) is 30.7 Å². The second-order valence-electron chi connectivity index (χ2n) is 4.71. The van der Waals surface area contributed by atoms with Crippen molar-refractivity contribution in [2.24, 2.45) is 0 Å². The van der Waals surface area contributed by atoms with Crippen molar-refractivity contribution in [2.45, 2.75) is 13.0 Å². The molecule has 0 spiro atoms. The molecule has 1 aromatic heterocycles. The van der Waals surface area contributed by atoms with Gasteiger partial charge in [0.1, 0.15) is 17.3 Å². The number of nitrogens with zero attached hydrogens (tertiary/aromatic N) is 2. The third kappa shape index (κ3) is 3.50. The van der Waals surface area contributed by atoms with E-state index in [4.69, 9.17) is 4.74 Å². The molecular formula is C15H17N3O4. The van der Waals surface area contributed by atoms with E-state index in [1.54, 1.807) is 26.2 Å². The van der Waals surface area contributed by atoms with Crippen molar-refractivity contribution in [1.29, 1.82) is 0 Å². The van der Waals surface area contributed by atoms with Crippen LogP contribution in [0.25, 0.3) is 0 Å². The number of anilines is 1. The van der Waals surface area contributed by atoms with Crippen molar-refractivity contribution < 1.29 is 14.8 Å². The van der Waals surface area contributed by atoms with Gasteiger partial charge >= 0.3 is 0 Å². The normalized spacial score (nSPS) is 11.8.